The molecule has 0 heterocycles. The number of hydrazone groups is 1. The lowest BCUT2D eigenvalue weighted by atomic mass is 10.1. The van der Waals surface area contributed by atoms with Crippen LogP contribution in [0.3, 0.4) is 0 Å². The van der Waals surface area contributed by atoms with E-state index in [1.165, 1.54) is 5.57 Å². The van der Waals surface area contributed by atoms with E-state index < -0.39 is 0 Å². The lowest BCUT2D eigenvalue weighted by Gasteiger charge is -2.03. The molecule has 0 fully saturated rings. The average Bonchev–Trinajstić information content (AvgIpc) is 2.22. The van der Waals surface area contributed by atoms with E-state index in [0.717, 1.165) is 6.42 Å². The van der Waals surface area contributed by atoms with Gasteiger partial charge in [0.25, 0.3) is 0 Å². The molecule has 2 nitrogen and oxygen atoms in total. The van der Waals surface area contributed by atoms with Gasteiger partial charge in [-0.05, 0) is 24.8 Å². The van der Waals surface area contributed by atoms with E-state index in [-0.39, 0.29) is 0 Å². The van der Waals surface area contributed by atoms with Crippen molar-refractivity contribution < 1.29 is 0 Å². The molecule has 0 aliphatic rings. The van der Waals surface area contributed by atoms with Gasteiger partial charge in [-0.3, -0.25) is 0 Å². The van der Waals surface area contributed by atoms with Gasteiger partial charge in [0.15, 0.2) is 0 Å². The monoisotopic (exact) mass is 206 g/mol. The maximum atomic E-state index is 4.20. The summed E-state index contributed by atoms with van der Waals surface area (Å²) in [6, 6.07) is 0. The molecule has 0 amide bonds. The summed E-state index contributed by atoms with van der Waals surface area (Å²) in [7, 11) is 3.83. The summed E-state index contributed by atoms with van der Waals surface area (Å²) in [6.45, 7) is 7.89. The summed E-state index contributed by atoms with van der Waals surface area (Å²) < 4.78 is 0. The van der Waals surface area contributed by atoms with Crippen LogP contribution in [0.15, 0.2) is 41.6 Å². The zero-order chi connectivity index (χ0) is 11.7. The maximum absolute atomic E-state index is 4.20. The van der Waals surface area contributed by atoms with Crippen LogP contribution in [0, 0.1) is 5.92 Å². The molecule has 0 radical (unpaired) electrons. The number of allylic oxidation sites excluding steroid dienone is 5. The second-order valence-electron chi connectivity index (χ2n) is 3.68. The lowest BCUT2D eigenvalue weighted by Crippen LogP contribution is -2.02. The van der Waals surface area contributed by atoms with Crippen molar-refractivity contribution in [2.45, 2.75) is 20.3 Å². The van der Waals surface area contributed by atoms with Crippen molar-refractivity contribution in [2.24, 2.45) is 11.0 Å². The Kier molecular flexibility index (Phi) is 7.33. The molecule has 0 N–H and O–H groups in total. The van der Waals surface area contributed by atoms with E-state index in [9.17, 15) is 0 Å². The highest BCUT2D eigenvalue weighted by atomic mass is 15.4. The Morgan fingerprint density at radius 3 is 2.60 bits per heavy atom. The molecule has 1 unspecified atom stereocenters. The van der Waals surface area contributed by atoms with Gasteiger partial charge in [-0.1, -0.05) is 31.2 Å². The van der Waals surface area contributed by atoms with E-state index in [1.807, 2.05) is 33.3 Å². The second-order valence-corrected chi connectivity index (χ2v) is 3.68. The first-order chi connectivity index (χ1) is 7.10. The fraction of sp³-hybridized carbons (Fsp3) is 0.462. The highest BCUT2D eigenvalue weighted by Gasteiger charge is 1.90. The third-order valence-electron chi connectivity index (χ3n) is 1.99. The number of rotatable bonds is 6. The van der Waals surface area contributed by atoms with Crippen LogP contribution in [0.25, 0.3) is 0 Å². The standard InChI is InChI=1S/C13H22N2/c1-6-12(3)9-8-10-13(7-2)11-14-15(4)5/h6-9,11-12H,1,10H2,2-5H3/b9-8-,13-7+,14-11-. The third kappa shape index (κ3) is 7.74. The van der Waals surface area contributed by atoms with Crippen LogP contribution in [-0.2, 0) is 0 Å². The van der Waals surface area contributed by atoms with Crippen molar-refractivity contribution in [1.29, 1.82) is 0 Å². The van der Waals surface area contributed by atoms with Crippen molar-refractivity contribution in [3.8, 4) is 0 Å². The van der Waals surface area contributed by atoms with Crippen molar-refractivity contribution in [3.63, 3.8) is 0 Å². The van der Waals surface area contributed by atoms with Crippen LogP contribution in [0.2, 0.25) is 0 Å². The molecule has 0 rings (SSSR count). The smallest absolute Gasteiger partial charge is 0.0502 e. The van der Waals surface area contributed by atoms with Crippen LogP contribution in [-0.4, -0.2) is 25.3 Å². The Labute approximate surface area is 93.7 Å². The number of nitrogens with zero attached hydrogens (tertiary/aromatic N) is 2. The largest absolute Gasteiger partial charge is 0.303 e. The van der Waals surface area contributed by atoms with E-state index >= 15 is 0 Å². The summed E-state index contributed by atoms with van der Waals surface area (Å²) in [5, 5.41) is 5.99. The summed E-state index contributed by atoms with van der Waals surface area (Å²) in [4.78, 5) is 0. The predicted octanol–water partition coefficient (Wildman–Crippen LogP) is 3.25. The van der Waals surface area contributed by atoms with Crippen LogP contribution < -0.4 is 0 Å². The molecule has 1 atom stereocenters. The first-order valence-corrected chi connectivity index (χ1v) is 5.25. The van der Waals surface area contributed by atoms with Crippen molar-refractivity contribution in [1.82, 2.24) is 5.01 Å². The second kappa shape index (κ2) is 8.04. The van der Waals surface area contributed by atoms with Crippen molar-refractivity contribution in [2.75, 3.05) is 14.1 Å². The zero-order valence-corrected chi connectivity index (χ0v) is 10.3. The lowest BCUT2D eigenvalue weighted by molar-refractivity contribution is 0.440. The summed E-state index contributed by atoms with van der Waals surface area (Å²) >= 11 is 0. The van der Waals surface area contributed by atoms with Crippen molar-refractivity contribution in [3.05, 3.63) is 36.5 Å². The fourth-order valence-electron chi connectivity index (χ4n) is 0.932. The van der Waals surface area contributed by atoms with Gasteiger partial charge in [0.05, 0.1) is 6.21 Å². The molecule has 0 aliphatic carbocycles. The zero-order valence-electron chi connectivity index (χ0n) is 10.3. The molecule has 0 aromatic carbocycles. The molecule has 0 spiro atoms. The molecule has 0 saturated carbocycles. The van der Waals surface area contributed by atoms with E-state index in [0.29, 0.717) is 5.92 Å². The normalized spacial score (nSPS) is 14.8. The van der Waals surface area contributed by atoms with Gasteiger partial charge in [0.2, 0.25) is 0 Å². The van der Waals surface area contributed by atoms with Crippen LogP contribution in [0.1, 0.15) is 20.3 Å². The Morgan fingerprint density at radius 2 is 2.13 bits per heavy atom. The van der Waals surface area contributed by atoms with Crippen LogP contribution in [0.4, 0.5) is 0 Å². The number of hydrogen-bond donors (Lipinski definition) is 0. The van der Waals surface area contributed by atoms with E-state index in [4.69, 9.17) is 0 Å². The van der Waals surface area contributed by atoms with Crippen molar-refractivity contribution >= 4 is 6.21 Å². The minimum atomic E-state index is 0.439. The highest BCUT2D eigenvalue weighted by Crippen LogP contribution is 2.04. The molecule has 0 aromatic rings. The molecule has 0 saturated heterocycles. The van der Waals surface area contributed by atoms with Gasteiger partial charge in [0.1, 0.15) is 0 Å². The summed E-state index contributed by atoms with van der Waals surface area (Å²) in [5.74, 6) is 0.439. The highest BCUT2D eigenvalue weighted by molar-refractivity contribution is 5.78. The van der Waals surface area contributed by atoms with Gasteiger partial charge in [-0.25, -0.2) is 0 Å². The van der Waals surface area contributed by atoms with E-state index in [2.05, 4.69) is 36.8 Å². The number of hydrogen-bond acceptors (Lipinski definition) is 2. The molecule has 15 heavy (non-hydrogen) atoms. The topological polar surface area (TPSA) is 15.6 Å². The van der Waals surface area contributed by atoms with E-state index in [1.54, 1.807) is 5.01 Å². The van der Waals surface area contributed by atoms with Gasteiger partial charge < -0.3 is 5.01 Å². The minimum Gasteiger partial charge on any atom is -0.303 e. The van der Waals surface area contributed by atoms with Gasteiger partial charge in [0, 0.05) is 14.1 Å². The Hall–Kier alpha value is -1.31. The SMILES string of the molecule is C=CC(C)/C=C\CC(/C=N\N(C)C)=C\C. The van der Waals surface area contributed by atoms with Crippen LogP contribution in [0.5, 0.6) is 0 Å². The molecular weight excluding hydrogens is 184 g/mol. The maximum Gasteiger partial charge on any atom is 0.0502 e. The fourth-order valence-corrected chi connectivity index (χ4v) is 0.932. The van der Waals surface area contributed by atoms with Gasteiger partial charge in [-0.2, -0.15) is 5.10 Å². The Morgan fingerprint density at radius 1 is 1.47 bits per heavy atom. The summed E-state index contributed by atoms with van der Waals surface area (Å²) in [5.41, 5.74) is 1.22. The first-order valence-electron chi connectivity index (χ1n) is 5.25. The Bertz CT molecular complexity index is 260. The van der Waals surface area contributed by atoms with Gasteiger partial charge >= 0.3 is 0 Å². The predicted molar refractivity (Wildman–Crippen MR) is 69.1 cm³/mol. The van der Waals surface area contributed by atoms with Crippen LogP contribution >= 0.6 is 0 Å². The molecule has 0 bridgehead atoms. The molecular formula is C13H22N2. The Balaban J connectivity index is 4.13. The molecule has 0 aromatic heterocycles. The first kappa shape index (κ1) is 13.7. The average molecular weight is 206 g/mol. The minimum absolute atomic E-state index is 0.439. The molecule has 84 valence electrons. The third-order valence-corrected chi connectivity index (χ3v) is 1.99. The summed E-state index contributed by atoms with van der Waals surface area (Å²) in [6.07, 6.45) is 11.1. The van der Waals surface area contributed by atoms with Gasteiger partial charge in [-0.15, -0.1) is 6.58 Å². The molecule has 0 aliphatic heterocycles. The quantitative estimate of drug-likeness (QED) is 0.370. The molecule has 2 heteroatoms.